The Kier molecular flexibility index (Phi) is 14.7. The number of amides is 1. The molecule has 0 bridgehead atoms. The van der Waals surface area contributed by atoms with E-state index in [0.29, 0.717) is 11.3 Å². The highest BCUT2D eigenvalue weighted by Gasteiger charge is 2.19. The van der Waals surface area contributed by atoms with Gasteiger partial charge in [0.05, 0.1) is 5.69 Å². The molecule has 0 atom stereocenters. The summed E-state index contributed by atoms with van der Waals surface area (Å²) in [6.45, 7) is 9.45. The molecule has 40 heavy (non-hydrogen) atoms. The van der Waals surface area contributed by atoms with Crippen LogP contribution in [0.1, 0.15) is 119 Å². The molecule has 1 amide bonds. The lowest BCUT2D eigenvalue weighted by atomic mass is 10.1. The molecule has 1 aromatic carbocycles. The SMILES string of the molecule is CCCCCCCCN(CCCCCCCC)C(=O)c1ccc(/N=N/c2c(C)c(C#N)c(=O)n(CC)c2O)cc1. The third kappa shape index (κ3) is 9.62. The molecule has 0 spiro atoms. The molecule has 1 heterocycles. The van der Waals surface area contributed by atoms with Gasteiger partial charge in [-0.05, 0) is 51.0 Å². The van der Waals surface area contributed by atoms with Crippen molar-refractivity contribution in [2.24, 2.45) is 10.2 Å². The average molecular weight is 550 g/mol. The molecule has 8 nitrogen and oxygen atoms in total. The van der Waals surface area contributed by atoms with Gasteiger partial charge in [-0.15, -0.1) is 5.11 Å². The lowest BCUT2D eigenvalue weighted by molar-refractivity contribution is 0.0749. The molecule has 0 saturated carbocycles. The second-order valence-electron chi connectivity index (χ2n) is 10.4. The lowest BCUT2D eigenvalue weighted by Crippen LogP contribution is -2.33. The van der Waals surface area contributed by atoms with Gasteiger partial charge in [-0.25, -0.2) is 0 Å². The van der Waals surface area contributed by atoms with Crippen molar-refractivity contribution < 1.29 is 9.90 Å². The Bertz CT molecular complexity index is 1180. The summed E-state index contributed by atoms with van der Waals surface area (Å²) in [6, 6.07) is 8.85. The van der Waals surface area contributed by atoms with Crippen molar-refractivity contribution in [3.63, 3.8) is 0 Å². The summed E-state index contributed by atoms with van der Waals surface area (Å²) in [5, 5.41) is 28.3. The fraction of sp³-hybridized carbons (Fsp3) is 0.594. The molecule has 0 radical (unpaired) electrons. The summed E-state index contributed by atoms with van der Waals surface area (Å²) in [5.74, 6) is -0.285. The van der Waals surface area contributed by atoms with Crippen LogP contribution in [0.2, 0.25) is 0 Å². The molecule has 0 aliphatic heterocycles. The molecule has 2 aromatic rings. The van der Waals surface area contributed by atoms with Crippen LogP contribution < -0.4 is 5.56 Å². The molecular formula is C32H47N5O3. The molecule has 0 unspecified atom stereocenters. The molecule has 0 aliphatic rings. The third-order valence-corrected chi connectivity index (χ3v) is 7.31. The van der Waals surface area contributed by atoms with Crippen LogP contribution >= 0.6 is 0 Å². The maximum absolute atomic E-state index is 13.4. The van der Waals surface area contributed by atoms with E-state index in [2.05, 4.69) is 24.1 Å². The van der Waals surface area contributed by atoms with E-state index in [1.165, 1.54) is 51.4 Å². The normalized spacial score (nSPS) is 11.2. The van der Waals surface area contributed by atoms with Crippen LogP contribution in [0.15, 0.2) is 39.3 Å². The van der Waals surface area contributed by atoms with Gasteiger partial charge in [-0.2, -0.15) is 10.4 Å². The Morgan fingerprint density at radius 1 is 0.875 bits per heavy atom. The maximum atomic E-state index is 13.4. The Morgan fingerprint density at radius 2 is 1.40 bits per heavy atom. The van der Waals surface area contributed by atoms with Gasteiger partial charge in [-0.3, -0.25) is 14.2 Å². The summed E-state index contributed by atoms with van der Waals surface area (Å²) >= 11 is 0. The zero-order valence-electron chi connectivity index (χ0n) is 24.9. The van der Waals surface area contributed by atoms with Crippen molar-refractivity contribution >= 4 is 17.3 Å². The number of aromatic nitrogens is 1. The van der Waals surface area contributed by atoms with Crippen molar-refractivity contribution in [3.05, 3.63) is 51.3 Å². The van der Waals surface area contributed by atoms with E-state index in [0.717, 1.165) is 43.3 Å². The van der Waals surface area contributed by atoms with Crippen molar-refractivity contribution in [1.82, 2.24) is 9.47 Å². The number of carbonyl (C=O) groups excluding carboxylic acids is 1. The fourth-order valence-electron chi connectivity index (χ4n) is 4.79. The number of aromatic hydroxyl groups is 1. The van der Waals surface area contributed by atoms with Crippen LogP contribution in [-0.4, -0.2) is 33.6 Å². The minimum atomic E-state index is -0.548. The first-order chi connectivity index (χ1) is 19.4. The number of rotatable bonds is 18. The fourth-order valence-corrected chi connectivity index (χ4v) is 4.79. The van der Waals surface area contributed by atoms with Crippen molar-refractivity contribution in [1.29, 1.82) is 5.26 Å². The first-order valence-corrected chi connectivity index (χ1v) is 15.1. The number of azo groups is 1. The molecule has 0 saturated heterocycles. The topological polar surface area (TPSA) is 111 Å². The maximum Gasteiger partial charge on any atom is 0.271 e. The second-order valence-corrected chi connectivity index (χ2v) is 10.4. The van der Waals surface area contributed by atoms with Crippen LogP contribution in [0.5, 0.6) is 5.88 Å². The van der Waals surface area contributed by atoms with Gasteiger partial charge in [0.2, 0.25) is 5.88 Å². The highest BCUT2D eigenvalue weighted by atomic mass is 16.3. The van der Waals surface area contributed by atoms with Crippen molar-refractivity contribution in [3.8, 4) is 11.9 Å². The first kappa shape index (κ1) is 32.7. The van der Waals surface area contributed by atoms with Gasteiger partial charge in [-0.1, -0.05) is 78.1 Å². The van der Waals surface area contributed by atoms with Crippen molar-refractivity contribution in [2.45, 2.75) is 111 Å². The number of hydrogen-bond acceptors (Lipinski definition) is 6. The average Bonchev–Trinajstić information content (AvgIpc) is 2.96. The minimum absolute atomic E-state index is 0.0350. The molecule has 218 valence electrons. The standard InChI is InChI=1S/C32H47N5O3/c1-5-8-10-12-14-16-22-36(23-17-15-13-11-9-6-2)30(38)26-18-20-27(21-19-26)34-35-29-25(4)28(24-33)31(39)37(7-3)32(29)40/h18-21,40H,5-17,22-23H2,1-4H3/b35-34+. The highest BCUT2D eigenvalue weighted by Crippen LogP contribution is 2.32. The van der Waals surface area contributed by atoms with Gasteiger partial charge in [0.25, 0.3) is 11.5 Å². The summed E-state index contributed by atoms with van der Waals surface area (Å²) < 4.78 is 1.10. The Balaban J connectivity index is 2.12. The molecule has 0 aliphatic carbocycles. The van der Waals surface area contributed by atoms with E-state index in [-0.39, 0.29) is 35.1 Å². The zero-order valence-corrected chi connectivity index (χ0v) is 24.9. The molecule has 1 aromatic heterocycles. The lowest BCUT2D eigenvalue weighted by Gasteiger charge is -2.23. The number of nitrogens with zero attached hydrogens (tertiary/aromatic N) is 5. The van der Waals surface area contributed by atoms with Gasteiger partial charge in [0, 0.05) is 30.8 Å². The number of unbranched alkanes of at least 4 members (excludes halogenated alkanes) is 10. The Hall–Kier alpha value is -3.47. The van der Waals surface area contributed by atoms with Crippen LogP contribution in [0.3, 0.4) is 0 Å². The van der Waals surface area contributed by atoms with E-state index in [4.69, 9.17) is 0 Å². The number of hydrogen-bond donors (Lipinski definition) is 1. The summed E-state index contributed by atoms with van der Waals surface area (Å²) in [6.07, 6.45) is 14.3. The van der Waals surface area contributed by atoms with E-state index in [1.807, 2.05) is 11.0 Å². The molecule has 2 rings (SSSR count). The zero-order chi connectivity index (χ0) is 29.3. The van der Waals surface area contributed by atoms with Crippen LogP contribution in [0.4, 0.5) is 11.4 Å². The smallest absolute Gasteiger partial charge is 0.271 e. The van der Waals surface area contributed by atoms with Gasteiger partial charge in [0.1, 0.15) is 11.6 Å². The first-order valence-electron chi connectivity index (χ1n) is 15.1. The molecule has 8 heteroatoms. The number of benzene rings is 1. The second kappa shape index (κ2) is 18.0. The third-order valence-electron chi connectivity index (χ3n) is 7.31. The monoisotopic (exact) mass is 549 g/mol. The Morgan fingerprint density at radius 3 is 1.90 bits per heavy atom. The summed E-state index contributed by atoms with van der Waals surface area (Å²) in [5.41, 5.74) is 0.869. The molecule has 1 N–H and O–H groups in total. The summed E-state index contributed by atoms with van der Waals surface area (Å²) in [7, 11) is 0. The van der Waals surface area contributed by atoms with Gasteiger partial charge < -0.3 is 10.0 Å². The molecule has 0 fully saturated rings. The van der Waals surface area contributed by atoms with Crippen LogP contribution in [-0.2, 0) is 6.54 Å². The highest BCUT2D eigenvalue weighted by molar-refractivity contribution is 5.94. The predicted molar refractivity (Wildman–Crippen MR) is 161 cm³/mol. The largest absolute Gasteiger partial charge is 0.493 e. The van der Waals surface area contributed by atoms with E-state index < -0.39 is 5.56 Å². The van der Waals surface area contributed by atoms with Crippen molar-refractivity contribution in [2.75, 3.05) is 13.1 Å². The Labute approximate surface area is 239 Å². The van der Waals surface area contributed by atoms with Crippen LogP contribution in [0, 0.1) is 18.3 Å². The van der Waals surface area contributed by atoms with E-state index in [9.17, 15) is 20.0 Å². The van der Waals surface area contributed by atoms with E-state index in [1.54, 1.807) is 38.1 Å². The van der Waals surface area contributed by atoms with Crippen LogP contribution in [0.25, 0.3) is 0 Å². The van der Waals surface area contributed by atoms with E-state index >= 15 is 0 Å². The number of carbonyl (C=O) groups is 1. The minimum Gasteiger partial charge on any atom is -0.493 e. The molecular weight excluding hydrogens is 502 g/mol. The number of nitriles is 1. The summed E-state index contributed by atoms with van der Waals surface area (Å²) in [4.78, 5) is 27.8. The van der Waals surface area contributed by atoms with Gasteiger partial charge >= 0.3 is 0 Å². The number of pyridine rings is 1. The quantitative estimate of drug-likeness (QED) is 0.149. The van der Waals surface area contributed by atoms with Gasteiger partial charge in [0.15, 0.2) is 5.69 Å². The predicted octanol–water partition coefficient (Wildman–Crippen LogP) is 8.33.